The Morgan fingerprint density at radius 2 is 2.10 bits per heavy atom. The van der Waals surface area contributed by atoms with Crippen molar-refractivity contribution in [3.05, 3.63) is 44.3 Å². The van der Waals surface area contributed by atoms with Crippen LogP contribution >= 0.6 is 27.3 Å². The lowest BCUT2D eigenvalue weighted by molar-refractivity contribution is 0.0701. The van der Waals surface area contributed by atoms with Crippen LogP contribution in [0, 0.1) is 6.92 Å². The molecule has 0 saturated heterocycles. The Hall–Kier alpha value is -1.93. The molecule has 0 spiro atoms. The van der Waals surface area contributed by atoms with E-state index in [9.17, 15) is 9.59 Å². The van der Waals surface area contributed by atoms with Gasteiger partial charge in [-0.05, 0) is 35.0 Å². The first-order chi connectivity index (χ1) is 9.97. The maximum atomic E-state index is 11.8. The van der Waals surface area contributed by atoms with Crippen molar-refractivity contribution in [3.8, 4) is 0 Å². The standard InChI is InChI=1S/C13H12BrN3O3S/c1-7-11(12(18)19)21-10(16-7)6-15-13(20)17-9-5-3-2-4-8(9)14/h2-5H,6H2,1H3,(H,18,19)(H2,15,17,20). The number of anilines is 1. The molecule has 2 aromatic rings. The highest BCUT2D eigenvalue weighted by Crippen LogP contribution is 2.21. The van der Waals surface area contributed by atoms with Crippen molar-refractivity contribution in [1.82, 2.24) is 10.3 Å². The SMILES string of the molecule is Cc1nc(CNC(=O)Nc2ccccc2Br)sc1C(=O)O. The molecule has 0 saturated carbocycles. The van der Waals surface area contributed by atoms with Crippen LogP contribution in [0.2, 0.25) is 0 Å². The van der Waals surface area contributed by atoms with E-state index in [4.69, 9.17) is 5.11 Å². The Morgan fingerprint density at radius 1 is 1.38 bits per heavy atom. The first-order valence-corrected chi connectivity index (χ1v) is 7.57. The molecule has 1 aromatic carbocycles. The number of halogens is 1. The van der Waals surface area contributed by atoms with Crippen molar-refractivity contribution >= 4 is 45.0 Å². The summed E-state index contributed by atoms with van der Waals surface area (Å²) in [5.41, 5.74) is 1.10. The minimum absolute atomic E-state index is 0.176. The second-order valence-corrected chi connectivity index (χ2v) is 6.05. The summed E-state index contributed by atoms with van der Waals surface area (Å²) in [6.07, 6.45) is 0. The third-order valence-corrected chi connectivity index (χ3v) is 4.39. The van der Waals surface area contributed by atoms with E-state index in [-0.39, 0.29) is 17.5 Å². The number of thiazole rings is 1. The average molecular weight is 370 g/mol. The van der Waals surface area contributed by atoms with Crippen LogP contribution in [0.15, 0.2) is 28.7 Å². The number of carbonyl (C=O) groups excluding carboxylic acids is 1. The van der Waals surface area contributed by atoms with Gasteiger partial charge in [-0.3, -0.25) is 0 Å². The van der Waals surface area contributed by atoms with Crippen molar-refractivity contribution < 1.29 is 14.7 Å². The fourth-order valence-corrected chi connectivity index (χ4v) is 2.84. The summed E-state index contributed by atoms with van der Waals surface area (Å²) >= 11 is 4.39. The molecule has 0 bridgehead atoms. The third kappa shape index (κ3) is 4.02. The number of hydrogen-bond donors (Lipinski definition) is 3. The number of aromatic nitrogens is 1. The van der Waals surface area contributed by atoms with Gasteiger partial charge in [0, 0.05) is 4.47 Å². The zero-order valence-corrected chi connectivity index (χ0v) is 13.4. The number of para-hydroxylation sites is 1. The summed E-state index contributed by atoms with van der Waals surface area (Å²) in [7, 11) is 0. The minimum atomic E-state index is -1.01. The Kier molecular flexibility index (Phi) is 4.92. The van der Waals surface area contributed by atoms with Gasteiger partial charge in [0.15, 0.2) is 0 Å². The molecule has 1 aromatic heterocycles. The molecule has 110 valence electrons. The molecule has 21 heavy (non-hydrogen) atoms. The third-order valence-electron chi connectivity index (χ3n) is 2.56. The first kappa shape index (κ1) is 15.5. The monoisotopic (exact) mass is 369 g/mol. The molecule has 0 fully saturated rings. The number of carboxylic acids is 1. The predicted molar refractivity (Wildman–Crippen MR) is 83.8 cm³/mol. The van der Waals surface area contributed by atoms with Crippen LogP contribution in [0.25, 0.3) is 0 Å². The van der Waals surface area contributed by atoms with Crippen LogP contribution in [0.4, 0.5) is 10.5 Å². The molecule has 0 aliphatic heterocycles. The summed E-state index contributed by atoms with van der Waals surface area (Å²) < 4.78 is 0.776. The van der Waals surface area contributed by atoms with Crippen LogP contribution in [0.1, 0.15) is 20.4 Å². The molecule has 0 aliphatic rings. The normalized spacial score (nSPS) is 10.2. The summed E-state index contributed by atoms with van der Waals surface area (Å²) in [6, 6.07) is 6.85. The Labute approximate surface area is 133 Å². The van der Waals surface area contributed by atoms with Crippen molar-refractivity contribution in [3.63, 3.8) is 0 Å². The maximum Gasteiger partial charge on any atom is 0.347 e. The molecular formula is C13H12BrN3O3S. The lowest BCUT2D eigenvalue weighted by atomic mass is 10.3. The van der Waals surface area contributed by atoms with E-state index < -0.39 is 5.97 Å². The Balaban J connectivity index is 1.94. The number of rotatable bonds is 4. The quantitative estimate of drug-likeness (QED) is 0.771. The van der Waals surface area contributed by atoms with Crippen LogP contribution in [-0.4, -0.2) is 22.1 Å². The lowest BCUT2D eigenvalue weighted by Gasteiger charge is -2.07. The number of amides is 2. The van der Waals surface area contributed by atoms with Crippen LogP contribution in [0.5, 0.6) is 0 Å². The van der Waals surface area contributed by atoms with Crippen LogP contribution in [-0.2, 0) is 6.54 Å². The fraction of sp³-hybridized carbons (Fsp3) is 0.154. The van der Waals surface area contributed by atoms with Gasteiger partial charge in [0.1, 0.15) is 9.88 Å². The van der Waals surface area contributed by atoms with Gasteiger partial charge < -0.3 is 15.7 Å². The average Bonchev–Trinajstić information content (AvgIpc) is 2.80. The van der Waals surface area contributed by atoms with E-state index in [1.54, 1.807) is 13.0 Å². The van der Waals surface area contributed by atoms with Gasteiger partial charge in [-0.1, -0.05) is 12.1 Å². The number of urea groups is 1. The first-order valence-electron chi connectivity index (χ1n) is 5.96. The Bertz CT molecular complexity index is 687. The molecule has 0 unspecified atom stereocenters. The fourth-order valence-electron chi connectivity index (χ4n) is 1.61. The van der Waals surface area contributed by atoms with E-state index in [1.165, 1.54) is 0 Å². The second kappa shape index (κ2) is 6.68. The van der Waals surface area contributed by atoms with Gasteiger partial charge >= 0.3 is 12.0 Å². The van der Waals surface area contributed by atoms with E-state index >= 15 is 0 Å². The number of aromatic carboxylic acids is 1. The molecule has 2 rings (SSSR count). The molecule has 3 N–H and O–H groups in total. The minimum Gasteiger partial charge on any atom is -0.477 e. The van der Waals surface area contributed by atoms with E-state index in [1.807, 2.05) is 18.2 Å². The largest absolute Gasteiger partial charge is 0.477 e. The second-order valence-electron chi connectivity index (χ2n) is 4.11. The van der Waals surface area contributed by atoms with Gasteiger partial charge in [-0.15, -0.1) is 11.3 Å². The number of hydrogen-bond acceptors (Lipinski definition) is 4. The lowest BCUT2D eigenvalue weighted by Crippen LogP contribution is -2.28. The van der Waals surface area contributed by atoms with E-state index in [0.29, 0.717) is 16.4 Å². The van der Waals surface area contributed by atoms with E-state index in [0.717, 1.165) is 15.8 Å². The molecular weight excluding hydrogens is 358 g/mol. The number of carboxylic acid groups (broad SMARTS) is 1. The molecule has 8 heteroatoms. The van der Waals surface area contributed by atoms with Gasteiger partial charge in [0.2, 0.25) is 0 Å². The number of carbonyl (C=O) groups is 2. The highest BCUT2D eigenvalue weighted by Gasteiger charge is 2.14. The molecule has 0 atom stereocenters. The highest BCUT2D eigenvalue weighted by atomic mass is 79.9. The number of nitrogens with one attached hydrogen (secondary N) is 2. The molecule has 2 amide bonds. The van der Waals surface area contributed by atoms with Crippen molar-refractivity contribution in [2.45, 2.75) is 13.5 Å². The van der Waals surface area contributed by atoms with Crippen molar-refractivity contribution in [1.29, 1.82) is 0 Å². The van der Waals surface area contributed by atoms with Crippen molar-refractivity contribution in [2.24, 2.45) is 0 Å². The highest BCUT2D eigenvalue weighted by molar-refractivity contribution is 9.10. The van der Waals surface area contributed by atoms with Crippen molar-refractivity contribution in [2.75, 3.05) is 5.32 Å². The van der Waals surface area contributed by atoms with Gasteiger partial charge in [0.05, 0.1) is 17.9 Å². The molecule has 0 radical (unpaired) electrons. The number of nitrogens with zero attached hydrogens (tertiary/aromatic N) is 1. The number of aryl methyl sites for hydroxylation is 1. The van der Waals surface area contributed by atoms with Gasteiger partial charge in [-0.2, -0.15) is 0 Å². The van der Waals surface area contributed by atoms with Gasteiger partial charge in [-0.25, -0.2) is 14.6 Å². The molecule has 6 nitrogen and oxygen atoms in total. The number of benzene rings is 1. The topological polar surface area (TPSA) is 91.3 Å². The van der Waals surface area contributed by atoms with E-state index in [2.05, 4.69) is 31.5 Å². The summed E-state index contributed by atoms with van der Waals surface area (Å²) in [5, 5.41) is 14.8. The smallest absolute Gasteiger partial charge is 0.347 e. The summed E-state index contributed by atoms with van der Waals surface area (Å²) in [6.45, 7) is 1.81. The zero-order valence-electron chi connectivity index (χ0n) is 11.0. The molecule has 0 aliphatic carbocycles. The Morgan fingerprint density at radius 3 is 2.71 bits per heavy atom. The zero-order chi connectivity index (χ0) is 15.4. The van der Waals surface area contributed by atoms with Crippen LogP contribution in [0.3, 0.4) is 0 Å². The van der Waals surface area contributed by atoms with Gasteiger partial charge in [0.25, 0.3) is 0 Å². The summed E-state index contributed by atoms with van der Waals surface area (Å²) in [5.74, 6) is -1.01. The van der Waals surface area contributed by atoms with Crippen LogP contribution < -0.4 is 10.6 Å². The molecule has 1 heterocycles. The predicted octanol–water partition coefficient (Wildman–Crippen LogP) is 3.23. The maximum absolute atomic E-state index is 11.8. The summed E-state index contributed by atoms with van der Waals surface area (Å²) in [4.78, 5) is 27.0.